The number of amides is 2. The number of piperidine rings is 1. The smallest absolute Gasteiger partial charge is 0.269 e. The predicted molar refractivity (Wildman–Crippen MR) is 143 cm³/mol. The number of primary amides is 1. The molecule has 1 unspecified atom stereocenters. The number of fused-ring (bicyclic) bond motifs is 1. The summed E-state index contributed by atoms with van der Waals surface area (Å²) in [5.74, 6) is 2.45. The molecule has 37 heavy (non-hydrogen) atoms. The maximum absolute atomic E-state index is 12.6. The van der Waals surface area contributed by atoms with Crippen molar-refractivity contribution in [2.45, 2.75) is 38.5 Å². The number of carbonyl (C=O) groups excluding carboxylic acids is 2. The predicted octanol–water partition coefficient (Wildman–Crippen LogP) is 4.68. The van der Waals surface area contributed by atoms with Crippen LogP contribution in [-0.2, 0) is 4.79 Å². The molecule has 3 heterocycles. The van der Waals surface area contributed by atoms with Crippen molar-refractivity contribution < 1.29 is 14.3 Å². The lowest BCUT2D eigenvalue weighted by atomic mass is 9.81. The summed E-state index contributed by atoms with van der Waals surface area (Å²) < 4.78 is 7.70. The lowest BCUT2D eigenvalue weighted by Crippen LogP contribution is -2.41. The molecular weight excluding hydrogens is 466 g/mol. The number of hydrogen-bond acceptors (Lipinski definition) is 5. The monoisotopic (exact) mass is 499 g/mol. The highest BCUT2D eigenvalue weighted by Gasteiger charge is 2.36. The lowest BCUT2D eigenvalue weighted by Gasteiger charge is -2.37. The van der Waals surface area contributed by atoms with E-state index in [4.69, 9.17) is 15.5 Å². The third kappa shape index (κ3) is 5.23. The van der Waals surface area contributed by atoms with Gasteiger partial charge in [-0.1, -0.05) is 31.2 Å². The summed E-state index contributed by atoms with van der Waals surface area (Å²) in [5.41, 5.74) is 10.9. The number of likely N-dealkylation sites (tertiary alicyclic amines) is 1. The summed E-state index contributed by atoms with van der Waals surface area (Å²) in [6.07, 6.45) is 7.19. The molecule has 1 atom stereocenters. The number of hydrogen-bond donors (Lipinski definition) is 2. The molecule has 3 N–H and O–H groups in total. The standard InChI is InChI=1S/C29H33N5O3/c1-2-3-9-25(35)33-18-15-20(16-19-33)24-14-17-31-34-27(28(30)36)26(32-29(24)34)21-10-12-23(13-11-21)37-22-7-5-4-6-8-22/h3-13,20,24,31H,2,14-19H2,1H3,(H2,30,36)/b9-3+. The molecule has 2 aromatic carbocycles. The molecule has 2 aliphatic heterocycles. The van der Waals surface area contributed by atoms with Crippen molar-refractivity contribution in [1.82, 2.24) is 14.6 Å². The van der Waals surface area contributed by atoms with Crippen LogP contribution >= 0.6 is 0 Å². The molecule has 192 valence electrons. The SMILES string of the molecule is CC/C=C/C(=O)N1CCC(C2CCNn3c2nc(-c2ccc(Oc4ccccc4)cc2)c3C(N)=O)CC1. The van der Waals surface area contributed by atoms with Gasteiger partial charge in [-0.05, 0) is 74.1 Å². The van der Waals surface area contributed by atoms with Gasteiger partial charge in [-0.2, -0.15) is 0 Å². The Hall–Kier alpha value is -4.07. The van der Waals surface area contributed by atoms with Crippen molar-refractivity contribution in [2.75, 3.05) is 25.1 Å². The summed E-state index contributed by atoms with van der Waals surface area (Å²) >= 11 is 0. The molecule has 0 bridgehead atoms. The molecule has 2 amide bonds. The number of rotatable bonds is 7. The Labute approximate surface area is 217 Å². The number of nitrogens with two attached hydrogens (primary N) is 1. The van der Waals surface area contributed by atoms with Gasteiger partial charge < -0.3 is 20.8 Å². The second-order valence-corrected chi connectivity index (χ2v) is 9.58. The Morgan fingerprint density at radius 3 is 2.43 bits per heavy atom. The Bertz CT molecular complexity index is 1270. The second-order valence-electron chi connectivity index (χ2n) is 9.58. The van der Waals surface area contributed by atoms with Crippen LogP contribution in [-0.4, -0.2) is 46.0 Å². The average molecular weight is 500 g/mol. The number of para-hydroxylation sites is 1. The van der Waals surface area contributed by atoms with Gasteiger partial charge in [-0.15, -0.1) is 0 Å². The van der Waals surface area contributed by atoms with Crippen LogP contribution in [0.1, 0.15) is 54.8 Å². The molecule has 0 saturated carbocycles. The Balaban J connectivity index is 1.37. The molecule has 3 aromatic rings. The zero-order valence-electron chi connectivity index (χ0n) is 21.1. The molecule has 5 rings (SSSR count). The number of aromatic nitrogens is 2. The van der Waals surface area contributed by atoms with E-state index < -0.39 is 5.91 Å². The van der Waals surface area contributed by atoms with Crippen LogP contribution in [0.25, 0.3) is 11.3 Å². The number of carbonyl (C=O) groups is 2. The molecule has 1 aromatic heterocycles. The van der Waals surface area contributed by atoms with Gasteiger partial charge in [0.05, 0.1) is 0 Å². The van der Waals surface area contributed by atoms with Gasteiger partial charge in [-0.3, -0.25) is 9.59 Å². The first-order valence-corrected chi connectivity index (χ1v) is 13.0. The van der Waals surface area contributed by atoms with Gasteiger partial charge in [0.15, 0.2) is 5.69 Å². The minimum Gasteiger partial charge on any atom is -0.457 e. The van der Waals surface area contributed by atoms with Crippen LogP contribution in [0, 0.1) is 5.92 Å². The van der Waals surface area contributed by atoms with E-state index in [1.165, 1.54) is 0 Å². The van der Waals surface area contributed by atoms with E-state index in [-0.39, 0.29) is 11.8 Å². The van der Waals surface area contributed by atoms with Gasteiger partial charge in [0, 0.05) is 31.1 Å². The number of imidazole rings is 1. The van der Waals surface area contributed by atoms with Crippen LogP contribution in [0.15, 0.2) is 66.7 Å². The Morgan fingerprint density at radius 1 is 1.05 bits per heavy atom. The molecule has 0 spiro atoms. The molecule has 0 radical (unpaired) electrons. The van der Waals surface area contributed by atoms with E-state index in [0.29, 0.717) is 23.1 Å². The van der Waals surface area contributed by atoms with E-state index >= 15 is 0 Å². The Morgan fingerprint density at radius 2 is 1.76 bits per heavy atom. The van der Waals surface area contributed by atoms with Gasteiger partial charge >= 0.3 is 0 Å². The minimum absolute atomic E-state index is 0.0881. The van der Waals surface area contributed by atoms with E-state index in [1.807, 2.05) is 72.5 Å². The fourth-order valence-corrected chi connectivity index (χ4v) is 5.33. The van der Waals surface area contributed by atoms with E-state index in [1.54, 1.807) is 10.8 Å². The van der Waals surface area contributed by atoms with Crippen LogP contribution < -0.4 is 15.9 Å². The second kappa shape index (κ2) is 10.9. The van der Waals surface area contributed by atoms with Crippen molar-refractivity contribution in [3.8, 4) is 22.8 Å². The fourth-order valence-electron chi connectivity index (χ4n) is 5.33. The lowest BCUT2D eigenvalue weighted by molar-refractivity contribution is -0.127. The van der Waals surface area contributed by atoms with Crippen molar-refractivity contribution in [3.63, 3.8) is 0 Å². The molecule has 1 saturated heterocycles. The number of ether oxygens (including phenoxy) is 1. The number of nitrogens with one attached hydrogen (secondary N) is 1. The topological polar surface area (TPSA) is 102 Å². The average Bonchev–Trinajstić information content (AvgIpc) is 3.33. The molecule has 2 aliphatic rings. The number of benzene rings is 2. The number of nitrogens with zero attached hydrogens (tertiary/aromatic N) is 3. The number of allylic oxidation sites excluding steroid dienone is 1. The van der Waals surface area contributed by atoms with Gasteiger partial charge in [0.1, 0.15) is 23.0 Å². The van der Waals surface area contributed by atoms with Gasteiger partial charge in [-0.25, -0.2) is 9.66 Å². The third-order valence-corrected chi connectivity index (χ3v) is 7.22. The Kier molecular flexibility index (Phi) is 7.25. The molecule has 8 nitrogen and oxygen atoms in total. The highest BCUT2D eigenvalue weighted by atomic mass is 16.5. The summed E-state index contributed by atoms with van der Waals surface area (Å²) in [4.78, 5) is 31.9. The van der Waals surface area contributed by atoms with Crippen LogP contribution in [0.5, 0.6) is 11.5 Å². The summed E-state index contributed by atoms with van der Waals surface area (Å²) in [6.45, 7) is 4.23. The zero-order valence-corrected chi connectivity index (χ0v) is 21.1. The first kappa shape index (κ1) is 24.6. The summed E-state index contributed by atoms with van der Waals surface area (Å²) in [5, 5.41) is 0. The van der Waals surface area contributed by atoms with Crippen molar-refractivity contribution >= 4 is 11.8 Å². The molecule has 1 fully saturated rings. The molecule has 0 aliphatic carbocycles. The maximum atomic E-state index is 12.6. The quantitative estimate of drug-likeness (QED) is 0.460. The van der Waals surface area contributed by atoms with Crippen LogP contribution in [0.2, 0.25) is 0 Å². The van der Waals surface area contributed by atoms with Crippen molar-refractivity contribution in [2.24, 2.45) is 11.7 Å². The molecular formula is C29H33N5O3. The van der Waals surface area contributed by atoms with Crippen LogP contribution in [0.3, 0.4) is 0 Å². The summed E-state index contributed by atoms with van der Waals surface area (Å²) in [7, 11) is 0. The van der Waals surface area contributed by atoms with Gasteiger partial charge in [0.2, 0.25) is 5.91 Å². The van der Waals surface area contributed by atoms with E-state index in [9.17, 15) is 9.59 Å². The normalized spacial score (nSPS) is 17.9. The largest absolute Gasteiger partial charge is 0.457 e. The third-order valence-electron chi connectivity index (χ3n) is 7.22. The van der Waals surface area contributed by atoms with Crippen molar-refractivity contribution in [1.29, 1.82) is 0 Å². The van der Waals surface area contributed by atoms with Crippen molar-refractivity contribution in [3.05, 3.63) is 78.3 Å². The first-order valence-electron chi connectivity index (χ1n) is 13.0. The fraction of sp³-hybridized carbons (Fsp3) is 0.345. The highest BCUT2D eigenvalue weighted by molar-refractivity contribution is 5.97. The van der Waals surface area contributed by atoms with E-state index in [2.05, 4.69) is 5.43 Å². The zero-order chi connectivity index (χ0) is 25.8. The van der Waals surface area contributed by atoms with Crippen LogP contribution in [0.4, 0.5) is 0 Å². The van der Waals surface area contributed by atoms with E-state index in [0.717, 1.165) is 62.5 Å². The van der Waals surface area contributed by atoms with Gasteiger partial charge in [0.25, 0.3) is 5.91 Å². The highest BCUT2D eigenvalue weighted by Crippen LogP contribution is 2.39. The first-order chi connectivity index (χ1) is 18.0. The maximum Gasteiger partial charge on any atom is 0.269 e. The molecule has 8 heteroatoms. The minimum atomic E-state index is -0.519. The summed E-state index contributed by atoms with van der Waals surface area (Å²) in [6, 6.07) is 17.1.